The Morgan fingerprint density at radius 3 is 1.69 bits per heavy atom. The third-order valence-electron chi connectivity index (χ3n) is 7.53. The molecule has 2 aliphatic carbocycles. The minimum atomic E-state index is -0.437. The first-order valence-electron chi connectivity index (χ1n) is 11.7. The number of halogens is 2. The Morgan fingerprint density at radius 1 is 0.714 bits per heavy atom. The van der Waals surface area contributed by atoms with Crippen LogP contribution in [0.5, 0.6) is 0 Å². The smallest absolute Gasteiger partial charge is 0.238 e. The van der Waals surface area contributed by atoms with Crippen molar-refractivity contribution in [3.63, 3.8) is 0 Å². The predicted molar refractivity (Wildman–Crippen MR) is 140 cm³/mol. The maximum absolute atomic E-state index is 13.7. The highest BCUT2D eigenvalue weighted by Gasteiger charge is 2.62. The maximum atomic E-state index is 13.7. The molecule has 3 aromatic carbocycles. The molecule has 2 amide bonds. The molecule has 2 fully saturated rings. The van der Waals surface area contributed by atoms with Crippen LogP contribution in [0.25, 0.3) is 5.57 Å². The Labute approximate surface area is 214 Å². The minimum absolute atomic E-state index is 0.137. The van der Waals surface area contributed by atoms with Crippen molar-refractivity contribution in [2.75, 3.05) is 4.90 Å². The molecule has 2 bridgehead atoms. The molecule has 0 unspecified atom stereocenters. The Kier molecular flexibility index (Phi) is 5.24. The number of hydrogen-bond acceptors (Lipinski definition) is 2. The van der Waals surface area contributed by atoms with E-state index in [0.717, 1.165) is 22.3 Å². The van der Waals surface area contributed by atoms with E-state index in [9.17, 15) is 9.59 Å². The molecule has 0 N–H and O–H groups in total. The van der Waals surface area contributed by atoms with Gasteiger partial charge in [-0.1, -0.05) is 95.0 Å². The predicted octanol–water partition coefficient (Wildman–Crippen LogP) is 7.03. The van der Waals surface area contributed by atoms with Crippen LogP contribution in [0.1, 0.15) is 22.3 Å². The fraction of sp³-hybridized carbons (Fsp3) is 0.200. The Morgan fingerprint density at radius 2 is 1.20 bits per heavy atom. The average molecular weight is 500 g/mol. The molecule has 6 rings (SSSR count). The largest absolute Gasteiger partial charge is 0.274 e. The number of aryl methyl sites for hydroxylation is 2. The van der Waals surface area contributed by atoms with E-state index in [1.807, 2.05) is 0 Å². The standard InChI is InChI=1S/C30H23Cl2NO2/c1-16-3-7-18(8-4-16)25(19-9-5-17(2)6-10-19)26-21-12-13-22(26)28-27(21)29(34)33(30(28)35)24-15-20(31)11-14-23(24)32/h3-15,21-22,27-28H,1-2H3/t21-,22-,27-,28+/m1/s1. The summed E-state index contributed by atoms with van der Waals surface area (Å²) in [5.74, 6) is -1.55. The van der Waals surface area contributed by atoms with Crippen molar-refractivity contribution in [1.29, 1.82) is 0 Å². The summed E-state index contributed by atoms with van der Waals surface area (Å²) in [7, 11) is 0. The van der Waals surface area contributed by atoms with E-state index < -0.39 is 11.8 Å². The molecule has 35 heavy (non-hydrogen) atoms. The fourth-order valence-corrected chi connectivity index (χ4v) is 6.30. The van der Waals surface area contributed by atoms with Crippen LogP contribution in [-0.2, 0) is 9.59 Å². The highest BCUT2D eigenvalue weighted by molar-refractivity contribution is 6.38. The highest BCUT2D eigenvalue weighted by atomic mass is 35.5. The van der Waals surface area contributed by atoms with Crippen LogP contribution in [0.2, 0.25) is 10.0 Å². The van der Waals surface area contributed by atoms with E-state index in [2.05, 4.69) is 74.5 Å². The number of carbonyl (C=O) groups is 2. The molecule has 4 atom stereocenters. The van der Waals surface area contributed by atoms with Crippen LogP contribution >= 0.6 is 23.2 Å². The van der Waals surface area contributed by atoms with Gasteiger partial charge in [0.1, 0.15) is 0 Å². The Bertz CT molecular complexity index is 1350. The first-order valence-corrected chi connectivity index (χ1v) is 12.5. The molecule has 0 aromatic heterocycles. The maximum Gasteiger partial charge on any atom is 0.238 e. The van der Waals surface area contributed by atoms with E-state index in [1.54, 1.807) is 18.2 Å². The molecule has 1 saturated carbocycles. The summed E-state index contributed by atoms with van der Waals surface area (Å²) in [5.41, 5.74) is 7.21. The van der Waals surface area contributed by atoms with Crippen molar-refractivity contribution in [2.24, 2.45) is 23.7 Å². The quantitative estimate of drug-likeness (QED) is 0.286. The molecule has 1 heterocycles. The molecule has 3 nitrogen and oxygen atoms in total. The summed E-state index contributed by atoms with van der Waals surface area (Å²) < 4.78 is 0. The van der Waals surface area contributed by atoms with Crippen molar-refractivity contribution >= 4 is 46.3 Å². The van der Waals surface area contributed by atoms with Crippen molar-refractivity contribution in [3.05, 3.63) is 117 Å². The highest BCUT2D eigenvalue weighted by Crippen LogP contribution is 2.59. The van der Waals surface area contributed by atoms with Crippen molar-refractivity contribution < 1.29 is 9.59 Å². The van der Waals surface area contributed by atoms with Crippen LogP contribution in [0.3, 0.4) is 0 Å². The summed E-state index contributed by atoms with van der Waals surface area (Å²) in [6.45, 7) is 4.14. The first kappa shape index (κ1) is 22.3. The van der Waals surface area contributed by atoms with E-state index >= 15 is 0 Å². The van der Waals surface area contributed by atoms with Gasteiger partial charge in [0.15, 0.2) is 0 Å². The Balaban J connectivity index is 1.49. The molecule has 3 aliphatic rings. The number of carbonyl (C=O) groups excluding carboxylic acids is 2. The van der Waals surface area contributed by atoms with E-state index in [4.69, 9.17) is 23.2 Å². The minimum Gasteiger partial charge on any atom is -0.274 e. The summed E-state index contributed by atoms with van der Waals surface area (Å²) in [6.07, 6.45) is 4.22. The van der Waals surface area contributed by atoms with E-state index in [1.165, 1.54) is 16.0 Å². The summed E-state index contributed by atoms with van der Waals surface area (Å²) in [5, 5.41) is 0.775. The molecule has 174 valence electrons. The molecular formula is C30H23Cl2NO2. The number of hydrogen-bond donors (Lipinski definition) is 0. The molecule has 0 radical (unpaired) electrons. The number of benzene rings is 3. The lowest BCUT2D eigenvalue weighted by Crippen LogP contribution is -2.33. The summed E-state index contributed by atoms with van der Waals surface area (Å²) in [4.78, 5) is 28.7. The lowest BCUT2D eigenvalue weighted by atomic mass is 9.85. The van der Waals surface area contributed by atoms with Gasteiger partial charge in [-0.15, -0.1) is 0 Å². The Hall–Kier alpha value is -3.14. The van der Waals surface area contributed by atoms with Gasteiger partial charge >= 0.3 is 0 Å². The zero-order chi connectivity index (χ0) is 24.4. The van der Waals surface area contributed by atoms with Crippen LogP contribution in [-0.4, -0.2) is 11.8 Å². The number of allylic oxidation sites excluding steroid dienone is 3. The lowest BCUT2D eigenvalue weighted by molar-refractivity contribution is -0.122. The van der Waals surface area contributed by atoms with Crippen molar-refractivity contribution in [2.45, 2.75) is 13.8 Å². The zero-order valence-corrected chi connectivity index (χ0v) is 20.8. The summed E-state index contributed by atoms with van der Waals surface area (Å²) >= 11 is 12.6. The third-order valence-corrected chi connectivity index (χ3v) is 8.09. The van der Waals surface area contributed by atoms with Crippen molar-refractivity contribution in [1.82, 2.24) is 0 Å². The van der Waals surface area contributed by atoms with Gasteiger partial charge in [0.2, 0.25) is 11.8 Å². The third kappa shape index (κ3) is 3.41. The van der Waals surface area contributed by atoms with E-state index in [-0.39, 0.29) is 23.7 Å². The fourth-order valence-electron chi connectivity index (χ4n) is 5.93. The van der Waals surface area contributed by atoms with Crippen LogP contribution in [0.4, 0.5) is 5.69 Å². The van der Waals surface area contributed by atoms with Gasteiger partial charge in [-0.3, -0.25) is 9.59 Å². The van der Waals surface area contributed by atoms with Gasteiger partial charge in [0, 0.05) is 16.9 Å². The van der Waals surface area contributed by atoms with Crippen LogP contribution < -0.4 is 4.90 Å². The monoisotopic (exact) mass is 499 g/mol. The zero-order valence-electron chi connectivity index (χ0n) is 19.3. The van der Waals surface area contributed by atoms with Gasteiger partial charge < -0.3 is 0 Å². The van der Waals surface area contributed by atoms with Crippen LogP contribution in [0.15, 0.2) is 84.5 Å². The van der Waals surface area contributed by atoms with E-state index in [0.29, 0.717) is 15.7 Å². The van der Waals surface area contributed by atoms with Gasteiger partial charge in [-0.2, -0.15) is 0 Å². The second-order valence-electron chi connectivity index (χ2n) is 9.66. The number of fused-ring (bicyclic) bond motifs is 5. The molecule has 0 spiro atoms. The molecule has 3 aromatic rings. The molecule has 5 heteroatoms. The van der Waals surface area contributed by atoms with Gasteiger partial charge in [-0.25, -0.2) is 4.90 Å². The number of anilines is 1. The topological polar surface area (TPSA) is 37.4 Å². The number of nitrogens with zero attached hydrogens (tertiary/aromatic N) is 1. The summed E-state index contributed by atoms with van der Waals surface area (Å²) in [6, 6.07) is 21.8. The number of imide groups is 1. The normalized spacial score (nSPS) is 24.5. The second kappa shape index (κ2) is 8.22. The average Bonchev–Trinajstić information content (AvgIpc) is 3.47. The lowest BCUT2D eigenvalue weighted by Gasteiger charge is -2.22. The second-order valence-corrected chi connectivity index (χ2v) is 10.5. The molecule has 1 saturated heterocycles. The molecular weight excluding hydrogens is 477 g/mol. The number of amides is 2. The first-order chi connectivity index (χ1) is 16.8. The van der Waals surface area contributed by atoms with Gasteiger partial charge in [0.25, 0.3) is 0 Å². The van der Waals surface area contributed by atoms with Gasteiger partial charge in [0.05, 0.1) is 22.5 Å². The SMILES string of the molecule is Cc1ccc(C(=C2[C@H]3C=C[C@H]2[C@H]2C(=O)N(c4cc(Cl)ccc4Cl)C(=O)[C@H]23)c2ccc(C)cc2)cc1. The number of rotatable bonds is 3. The molecule has 1 aliphatic heterocycles. The van der Waals surface area contributed by atoms with Gasteiger partial charge in [-0.05, 0) is 54.3 Å². The van der Waals surface area contributed by atoms with Crippen molar-refractivity contribution in [3.8, 4) is 0 Å². The van der Waals surface area contributed by atoms with Crippen LogP contribution in [0, 0.1) is 37.5 Å².